The fourth-order valence-electron chi connectivity index (χ4n) is 4.76. The van der Waals surface area contributed by atoms with Crippen molar-refractivity contribution in [2.75, 3.05) is 24.7 Å². The van der Waals surface area contributed by atoms with E-state index in [1.54, 1.807) is 12.1 Å². The average molecular weight is 483 g/mol. The minimum absolute atomic E-state index is 0.00261. The molecule has 0 bridgehead atoms. The second-order valence-electron chi connectivity index (χ2n) is 8.88. The first-order valence-electron chi connectivity index (χ1n) is 11.4. The highest BCUT2D eigenvalue weighted by Crippen LogP contribution is 2.36. The summed E-state index contributed by atoms with van der Waals surface area (Å²) >= 11 is 0. The zero-order chi connectivity index (χ0) is 24.6. The summed E-state index contributed by atoms with van der Waals surface area (Å²) in [6.45, 7) is 1.73. The third-order valence-electron chi connectivity index (χ3n) is 6.40. The van der Waals surface area contributed by atoms with Gasteiger partial charge in [-0.25, -0.2) is 0 Å². The van der Waals surface area contributed by atoms with Crippen molar-refractivity contribution in [1.29, 1.82) is 0 Å². The number of aromatic nitrogens is 1. The molecule has 1 N–H and O–H groups in total. The summed E-state index contributed by atoms with van der Waals surface area (Å²) in [7, 11) is 0. The number of nitrogens with one attached hydrogen (secondary N) is 1. The molecule has 1 aromatic heterocycles. The monoisotopic (exact) mass is 483 g/mol. The third-order valence-corrected chi connectivity index (χ3v) is 6.40. The maximum absolute atomic E-state index is 13.1. The van der Waals surface area contributed by atoms with Crippen molar-refractivity contribution < 1.29 is 27.4 Å². The fraction of sp³-hybridized carbons (Fsp3) is 0.308. The maximum atomic E-state index is 13.1. The predicted octanol–water partition coefficient (Wildman–Crippen LogP) is 4.14. The van der Waals surface area contributed by atoms with Gasteiger partial charge < -0.3 is 20.2 Å². The van der Waals surface area contributed by atoms with Crippen molar-refractivity contribution in [3.05, 3.63) is 93.9 Å². The summed E-state index contributed by atoms with van der Waals surface area (Å²) in [5.41, 5.74) is 3.33. The molecule has 6 nitrogen and oxygen atoms in total. The number of hydrogen-bond acceptors (Lipinski definition) is 4. The molecule has 3 heterocycles. The number of rotatable bonds is 5. The highest BCUT2D eigenvalue weighted by molar-refractivity contribution is 5.98. The van der Waals surface area contributed by atoms with E-state index in [2.05, 4.69) is 5.32 Å². The molecule has 1 fully saturated rings. The largest absolute Gasteiger partial charge is 0.619 e. The van der Waals surface area contributed by atoms with Crippen LogP contribution in [0.5, 0.6) is 0 Å². The summed E-state index contributed by atoms with van der Waals surface area (Å²) in [5.74, 6) is -0.142. The Morgan fingerprint density at radius 1 is 1.14 bits per heavy atom. The van der Waals surface area contributed by atoms with E-state index in [9.17, 15) is 23.2 Å². The minimum Gasteiger partial charge on any atom is -0.619 e. The number of hydrogen-bond donors (Lipinski definition) is 1. The van der Waals surface area contributed by atoms with Crippen LogP contribution < -0.4 is 14.9 Å². The summed E-state index contributed by atoms with van der Waals surface area (Å²) in [6.07, 6.45) is -0.00947. The first-order valence-corrected chi connectivity index (χ1v) is 11.4. The van der Waals surface area contributed by atoms with Crippen molar-refractivity contribution in [1.82, 2.24) is 5.32 Å². The van der Waals surface area contributed by atoms with Gasteiger partial charge in [0.05, 0.1) is 18.2 Å². The lowest BCUT2D eigenvalue weighted by molar-refractivity contribution is -0.605. The SMILES string of the molecule is O=C(N[C@H]1CCOC1)c1cccc2c1CCN2c1cc(Cc2cccc(C(F)(F)F)c2)c[n+]([O-])c1. The molecule has 0 spiro atoms. The number of fused-ring (bicyclic) bond motifs is 1. The van der Waals surface area contributed by atoms with E-state index < -0.39 is 11.7 Å². The Morgan fingerprint density at radius 3 is 2.74 bits per heavy atom. The zero-order valence-electron chi connectivity index (χ0n) is 18.8. The number of carbonyl (C=O) groups is 1. The van der Waals surface area contributed by atoms with Crippen LogP contribution in [0.2, 0.25) is 0 Å². The molecule has 2 aromatic carbocycles. The van der Waals surface area contributed by atoms with E-state index in [1.807, 2.05) is 23.1 Å². The van der Waals surface area contributed by atoms with Crippen molar-refractivity contribution in [2.45, 2.75) is 31.5 Å². The number of ether oxygens (including phenoxy) is 1. The predicted molar refractivity (Wildman–Crippen MR) is 123 cm³/mol. The van der Waals surface area contributed by atoms with E-state index in [-0.39, 0.29) is 18.4 Å². The van der Waals surface area contributed by atoms with Crippen molar-refractivity contribution in [3.8, 4) is 0 Å². The highest BCUT2D eigenvalue weighted by atomic mass is 19.4. The van der Waals surface area contributed by atoms with Crippen LogP contribution in [-0.4, -0.2) is 31.7 Å². The average Bonchev–Trinajstić information content (AvgIpc) is 3.48. The zero-order valence-corrected chi connectivity index (χ0v) is 18.8. The lowest BCUT2D eigenvalue weighted by atomic mass is 10.0. The standard InChI is InChI=1S/C26H24F3N3O3/c27-26(28,29)19-4-1-3-17(12-19)11-18-13-21(15-31(34)14-18)32-9-7-22-23(5-2-6-24(22)32)25(33)30-20-8-10-35-16-20/h1-6,12-15,20H,7-11,16H2,(H,30,33)/t20-/m0/s1. The Morgan fingerprint density at radius 2 is 1.97 bits per heavy atom. The van der Waals surface area contributed by atoms with Gasteiger partial charge in [0, 0.05) is 36.4 Å². The van der Waals surface area contributed by atoms with Gasteiger partial charge >= 0.3 is 6.18 Å². The Bertz CT molecular complexity index is 1260. The molecule has 0 unspecified atom stereocenters. The van der Waals surface area contributed by atoms with E-state index in [0.717, 1.165) is 29.8 Å². The highest BCUT2D eigenvalue weighted by Gasteiger charge is 2.31. The number of pyridine rings is 1. The smallest absolute Gasteiger partial charge is 0.416 e. The molecule has 35 heavy (non-hydrogen) atoms. The lowest BCUT2D eigenvalue weighted by Gasteiger charge is -2.20. The molecule has 0 radical (unpaired) electrons. The Labute approximate surface area is 200 Å². The number of nitrogens with zero attached hydrogens (tertiary/aromatic N) is 2. The van der Waals surface area contributed by atoms with Gasteiger partial charge in [0.2, 0.25) is 6.20 Å². The van der Waals surface area contributed by atoms with Gasteiger partial charge in [-0.3, -0.25) is 4.79 Å². The molecule has 9 heteroatoms. The second-order valence-corrected chi connectivity index (χ2v) is 8.88. The molecule has 2 aliphatic rings. The Balaban J connectivity index is 1.40. The van der Waals surface area contributed by atoms with Crippen LogP contribution >= 0.6 is 0 Å². The number of amides is 1. The number of anilines is 2. The first-order chi connectivity index (χ1) is 16.8. The molecule has 3 aromatic rings. The van der Waals surface area contributed by atoms with E-state index in [1.165, 1.54) is 18.5 Å². The van der Waals surface area contributed by atoms with Gasteiger partial charge in [-0.15, -0.1) is 0 Å². The van der Waals surface area contributed by atoms with Gasteiger partial charge in [-0.05, 0) is 48.2 Å². The summed E-state index contributed by atoms with van der Waals surface area (Å²) in [4.78, 5) is 14.9. The van der Waals surface area contributed by atoms with Crippen LogP contribution in [0, 0.1) is 5.21 Å². The lowest BCUT2D eigenvalue weighted by Crippen LogP contribution is -2.35. The molecule has 5 rings (SSSR count). The minimum atomic E-state index is -4.43. The van der Waals surface area contributed by atoms with Gasteiger partial charge in [-0.2, -0.15) is 17.9 Å². The summed E-state index contributed by atoms with van der Waals surface area (Å²) in [5, 5.41) is 15.4. The molecule has 182 valence electrons. The fourth-order valence-corrected chi connectivity index (χ4v) is 4.76. The first kappa shape index (κ1) is 23.2. The summed E-state index contributed by atoms with van der Waals surface area (Å²) in [6, 6.07) is 12.5. The van der Waals surface area contributed by atoms with Gasteiger partial charge in [-0.1, -0.05) is 24.3 Å². The number of benzene rings is 2. The van der Waals surface area contributed by atoms with E-state index in [0.29, 0.717) is 53.3 Å². The molecule has 2 aliphatic heterocycles. The number of carbonyl (C=O) groups excluding carboxylic acids is 1. The van der Waals surface area contributed by atoms with Gasteiger partial charge in [0.1, 0.15) is 5.69 Å². The number of halogens is 3. The van der Waals surface area contributed by atoms with Crippen LogP contribution in [0.3, 0.4) is 0 Å². The van der Waals surface area contributed by atoms with Crippen LogP contribution in [0.4, 0.5) is 24.5 Å². The Kier molecular flexibility index (Phi) is 6.10. The molecule has 0 saturated carbocycles. The number of alkyl halides is 3. The maximum Gasteiger partial charge on any atom is 0.416 e. The summed E-state index contributed by atoms with van der Waals surface area (Å²) < 4.78 is 45.3. The van der Waals surface area contributed by atoms with Crippen LogP contribution in [0.1, 0.15) is 39.0 Å². The molecule has 1 atom stereocenters. The molecule has 1 amide bonds. The molecule has 0 aliphatic carbocycles. The van der Waals surface area contributed by atoms with Crippen molar-refractivity contribution in [3.63, 3.8) is 0 Å². The van der Waals surface area contributed by atoms with Crippen molar-refractivity contribution >= 4 is 17.3 Å². The van der Waals surface area contributed by atoms with Crippen LogP contribution in [0.15, 0.2) is 60.9 Å². The van der Waals surface area contributed by atoms with E-state index in [4.69, 9.17) is 4.74 Å². The van der Waals surface area contributed by atoms with E-state index >= 15 is 0 Å². The molecular weight excluding hydrogens is 459 g/mol. The molecular formula is C26H24F3N3O3. The van der Waals surface area contributed by atoms with Crippen molar-refractivity contribution in [2.24, 2.45) is 0 Å². The van der Waals surface area contributed by atoms with Crippen LogP contribution in [-0.2, 0) is 23.8 Å². The quantitative estimate of drug-likeness (QED) is 0.438. The van der Waals surface area contributed by atoms with Crippen LogP contribution in [0.25, 0.3) is 0 Å². The topological polar surface area (TPSA) is 68.5 Å². The second kappa shape index (κ2) is 9.22. The normalized spacial score (nSPS) is 17.5. The third kappa shape index (κ3) is 4.95. The van der Waals surface area contributed by atoms with Gasteiger partial charge in [0.25, 0.3) is 5.91 Å². The Hall–Kier alpha value is -3.59. The molecule has 1 saturated heterocycles. The van der Waals surface area contributed by atoms with Gasteiger partial charge in [0.15, 0.2) is 6.20 Å².